The van der Waals surface area contributed by atoms with Gasteiger partial charge in [-0.3, -0.25) is 19.2 Å². The first-order chi connectivity index (χ1) is 15.3. The summed E-state index contributed by atoms with van der Waals surface area (Å²) in [5.41, 5.74) is 2.41. The van der Waals surface area contributed by atoms with Crippen molar-refractivity contribution in [3.63, 3.8) is 0 Å². The summed E-state index contributed by atoms with van der Waals surface area (Å²) in [7, 11) is 0. The lowest BCUT2D eigenvalue weighted by Crippen LogP contribution is -2.43. The zero-order chi connectivity index (χ0) is 26.0. The molecular formula is C25H42N4O4. The molecule has 0 aliphatic carbocycles. The Hall–Kier alpha value is -3.16. The van der Waals surface area contributed by atoms with E-state index < -0.39 is 0 Å². The highest BCUT2D eigenvalue weighted by Gasteiger charge is 2.19. The quantitative estimate of drug-likeness (QED) is 0.169. The summed E-state index contributed by atoms with van der Waals surface area (Å²) in [6.45, 7) is 25.8. The van der Waals surface area contributed by atoms with Gasteiger partial charge in [0.05, 0.1) is 0 Å². The molecule has 0 heterocycles. The van der Waals surface area contributed by atoms with Crippen molar-refractivity contribution in [1.82, 2.24) is 20.4 Å². The molecule has 0 aliphatic heterocycles. The van der Waals surface area contributed by atoms with E-state index in [2.05, 4.69) is 36.9 Å². The SMILES string of the molecule is C=C(C)C.C=C(C)C(=O)NCCCN(CCN(CCCNC=O)C(=O)C(=C)C)C(=O)C(=C)C. The van der Waals surface area contributed by atoms with Gasteiger partial charge in [0.1, 0.15) is 0 Å². The first kappa shape index (κ1) is 32.0. The molecule has 2 N–H and O–H groups in total. The van der Waals surface area contributed by atoms with Gasteiger partial charge in [-0.25, -0.2) is 0 Å². The Bertz CT molecular complexity index is 724. The maximum atomic E-state index is 12.4. The van der Waals surface area contributed by atoms with Crippen molar-refractivity contribution >= 4 is 24.1 Å². The fourth-order valence-electron chi connectivity index (χ4n) is 2.46. The van der Waals surface area contributed by atoms with Crippen molar-refractivity contribution in [2.45, 2.75) is 47.5 Å². The van der Waals surface area contributed by atoms with E-state index in [1.807, 2.05) is 13.8 Å². The number of hydrogen-bond acceptors (Lipinski definition) is 4. The smallest absolute Gasteiger partial charge is 0.248 e. The van der Waals surface area contributed by atoms with Gasteiger partial charge in [0, 0.05) is 56.0 Å². The van der Waals surface area contributed by atoms with Crippen LogP contribution in [-0.2, 0) is 19.2 Å². The Labute approximate surface area is 199 Å². The number of nitrogens with zero attached hydrogens (tertiary/aromatic N) is 2. The largest absolute Gasteiger partial charge is 0.359 e. The molecule has 186 valence electrons. The van der Waals surface area contributed by atoms with Crippen LogP contribution in [0.1, 0.15) is 47.5 Å². The van der Waals surface area contributed by atoms with Crippen LogP contribution < -0.4 is 10.6 Å². The molecule has 0 saturated carbocycles. The van der Waals surface area contributed by atoms with E-state index in [4.69, 9.17) is 0 Å². The van der Waals surface area contributed by atoms with Gasteiger partial charge in [-0.2, -0.15) is 0 Å². The Morgan fingerprint density at radius 2 is 1.09 bits per heavy atom. The molecule has 8 nitrogen and oxygen atoms in total. The van der Waals surface area contributed by atoms with Crippen LogP contribution in [0.3, 0.4) is 0 Å². The van der Waals surface area contributed by atoms with E-state index in [9.17, 15) is 19.2 Å². The fraction of sp³-hybridized carbons (Fsp3) is 0.520. The zero-order valence-electron chi connectivity index (χ0n) is 21.1. The van der Waals surface area contributed by atoms with Gasteiger partial charge in [-0.05, 0) is 47.5 Å². The van der Waals surface area contributed by atoms with Gasteiger partial charge in [0.2, 0.25) is 24.1 Å². The third kappa shape index (κ3) is 17.1. The third-order valence-corrected chi connectivity index (χ3v) is 4.05. The Kier molecular flexibility index (Phi) is 17.9. The summed E-state index contributed by atoms with van der Waals surface area (Å²) in [5, 5.41) is 5.30. The summed E-state index contributed by atoms with van der Waals surface area (Å²) >= 11 is 0. The molecule has 0 unspecified atom stereocenters. The highest BCUT2D eigenvalue weighted by molar-refractivity contribution is 5.93. The number of carbonyl (C=O) groups excluding carboxylic acids is 4. The van der Waals surface area contributed by atoms with Crippen molar-refractivity contribution < 1.29 is 19.2 Å². The summed E-state index contributed by atoms with van der Waals surface area (Å²) in [5.74, 6) is -0.598. The van der Waals surface area contributed by atoms with Gasteiger partial charge >= 0.3 is 0 Å². The van der Waals surface area contributed by atoms with Crippen molar-refractivity contribution in [3.05, 3.63) is 48.6 Å². The number of amides is 4. The first-order valence-corrected chi connectivity index (χ1v) is 11.0. The van der Waals surface area contributed by atoms with Crippen molar-refractivity contribution in [3.8, 4) is 0 Å². The standard InChI is InChI=1S/C21H34N4O4.C4H8/c1-16(2)19(27)23-10-8-12-25(21(29)18(5)6)14-13-24(20(28)17(3)4)11-7-9-22-15-26;1-4(2)3/h15H,1,3,5,7-14H2,2,4,6H3,(H,22,26)(H,23,27);1H2,2-3H3. The predicted octanol–water partition coefficient (Wildman–Crippen LogP) is 2.60. The molecule has 8 heteroatoms. The van der Waals surface area contributed by atoms with Gasteiger partial charge < -0.3 is 20.4 Å². The number of allylic oxidation sites excluding steroid dienone is 1. The number of hydrogen-bond donors (Lipinski definition) is 2. The monoisotopic (exact) mass is 462 g/mol. The molecule has 0 saturated heterocycles. The van der Waals surface area contributed by atoms with Gasteiger partial charge in [-0.1, -0.05) is 25.3 Å². The summed E-state index contributed by atoms with van der Waals surface area (Å²) in [6, 6.07) is 0. The van der Waals surface area contributed by atoms with Crippen molar-refractivity contribution in [2.24, 2.45) is 0 Å². The van der Waals surface area contributed by atoms with E-state index in [0.717, 1.165) is 0 Å². The second kappa shape index (κ2) is 18.4. The molecule has 0 aliphatic rings. The molecule has 0 radical (unpaired) electrons. The maximum Gasteiger partial charge on any atom is 0.248 e. The van der Waals surface area contributed by atoms with E-state index >= 15 is 0 Å². The second-order valence-electron chi connectivity index (χ2n) is 8.17. The van der Waals surface area contributed by atoms with E-state index in [-0.39, 0.29) is 17.7 Å². The van der Waals surface area contributed by atoms with Crippen LogP contribution in [-0.4, -0.2) is 73.2 Å². The number of nitrogens with one attached hydrogen (secondary N) is 2. The minimum absolute atomic E-state index is 0.187. The van der Waals surface area contributed by atoms with Crippen molar-refractivity contribution in [1.29, 1.82) is 0 Å². The fourth-order valence-corrected chi connectivity index (χ4v) is 2.46. The third-order valence-electron chi connectivity index (χ3n) is 4.05. The van der Waals surface area contributed by atoms with Crippen molar-refractivity contribution in [2.75, 3.05) is 39.3 Å². The molecule has 0 aromatic carbocycles. The van der Waals surface area contributed by atoms with Crippen LogP contribution in [0.25, 0.3) is 0 Å². The van der Waals surface area contributed by atoms with Crippen LogP contribution in [0, 0.1) is 0 Å². The number of rotatable bonds is 15. The molecule has 4 amide bonds. The molecule has 0 rings (SSSR count). The molecule has 0 aromatic heterocycles. The lowest BCUT2D eigenvalue weighted by molar-refractivity contribution is -0.131. The zero-order valence-corrected chi connectivity index (χ0v) is 21.1. The van der Waals surface area contributed by atoms with Crippen LogP contribution in [0.2, 0.25) is 0 Å². The minimum atomic E-state index is -0.218. The average molecular weight is 463 g/mol. The van der Waals surface area contributed by atoms with Crippen LogP contribution in [0.5, 0.6) is 0 Å². The molecule has 0 fully saturated rings. The Balaban J connectivity index is 0. The van der Waals surface area contributed by atoms with Gasteiger partial charge in [-0.15, -0.1) is 6.58 Å². The number of carbonyl (C=O) groups is 4. The molecule has 0 aromatic rings. The minimum Gasteiger partial charge on any atom is -0.359 e. The maximum absolute atomic E-state index is 12.4. The lowest BCUT2D eigenvalue weighted by atomic mass is 10.2. The molecule has 0 bridgehead atoms. The predicted molar refractivity (Wildman–Crippen MR) is 134 cm³/mol. The van der Waals surface area contributed by atoms with E-state index in [1.165, 1.54) is 5.57 Å². The van der Waals surface area contributed by atoms with Crippen LogP contribution >= 0.6 is 0 Å². The molecule has 0 spiro atoms. The normalized spacial score (nSPS) is 9.48. The van der Waals surface area contributed by atoms with E-state index in [0.29, 0.717) is 75.2 Å². The lowest BCUT2D eigenvalue weighted by Gasteiger charge is -2.28. The highest BCUT2D eigenvalue weighted by atomic mass is 16.2. The van der Waals surface area contributed by atoms with Gasteiger partial charge in [0.25, 0.3) is 0 Å². The first-order valence-electron chi connectivity index (χ1n) is 11.0. The van der Waals surface area contributed by atoms with Crippen LogP contribution in [0.4, 0.5) is 0 Å². The second-order valence-corrected chi connectivity index (χ2v) is 8.17. The van der Waals surface area contributed by atoms with Gasteiger partial charge in [0.15, 0.2) is 0 Å². The molecular weight excluding hydrogens is 420 g/mol. The Morgan fingerprint density at radius 1 is 0.697 bits per heavy atom. The molecule has 33 heavy (non-hydrogen) atoms. The topological polar surface area (TPSA) is 98.8 Å². The molecule has 0 atom stereocenters. The highest BCUT2D eigenvalue weighted by Crippen LogP contribution is 2.05. The summed E-state index contributed by atoms with van der Waals surface area (Å²) < 4.78 is 0. The average Bonchev–Trinajstić information content (AvgIpc) is 2.72. The Morgan fingerprint density at radius 3 is 1.42 bits per heavy atom. The van der Waals surface area contributed by atoms with E-state index in [1.54, 1.807) is 30.6 Å². The summed E-state index contributed by atoms with van der Waals surface area (Å²) in [6.07, 6.45) is 1.78. The van der Waals surface area contributed by atoms with Crippen LogP contribution in [0.15, 0.2) is 48.6 Å². The summed E-state index contributed by atoms with van der Waals surface area (Å²) in [4.78, 5) is 50.0.